The second kappa shape index (κ2) is 8.67. The molecule has 4 atom stereocenters. The number of nitrogens with one attached hydrogen (secondary N) is 2. The lowest BCUT2D eigenvalue weighted by molar-refractivity contribution is -0.130. The molecule has 5 rings (SSSR count). The average molecular weight is 498 g/mol. The highest BCUT2D eigenvalue weighted by atomic mass is 16.6. The molecule has 2 saturated carbocycles. The lowest BCUT2D eigenvalue weighted by atomic mass is 9.67. The summed E-state index contributed by atoms with van der Waals surface area (Å²) in [5, 5.41) is 5.96. The Morgan fingerprint density at radius 2 is 1.83 bits per heavy atom. The van der Waals surface area contributed by atoms with Gasteiger partial charge in [-0.1, -0.05) is 26.8 Å². The van der Waals surface area contributed by atoms with Crippen LogP contribution in [-0.4, -0.2) is 42.4 Å². The molecule has 36 heavy (non-hydrogen) atoms. The minimum absolute atomic E-state index is 0.00333. The number of fused-ring (bicyclic) bond motifs is 4. The fourth-order valence-corrected chi connectivity index (χ4v) is 5.55. The first kappa shape index (κ1) is 24.9. The van der Waals surface area contributed by atoms with Crippen molar-refractivity contribution in [3.63, 3.8) is 0 Å². The second-order valence-corrected chi connectivity index (χ2v) is 12.8. The Labute approximate surface area is 213 Å². The smallest absolute Gasteiger partial charge is 0.415 e. The van der Waals surface area contributed by atoms with Gasteiger partial charge in [0.25, 0.3) is 6.02 Å². The predicted molar refractivity (Wildman–Crippen MR) is 136 cm³/mol. The summed E-state index contributed by atoms with van der Waals surface area (Å²) < 4.78 is 18.0. The van der Waals surface area contributed by atoms with Crippen LogP contribution in [-0.2, 0) is 19.8 Å². The van der Waals surface area contributed by atoms with E-state index in [0.29, 0.717) is 12.5 Å². The Hall–Kier alpha value is -2.77. The normalized spacial score (nSPS) is 29.3. The van der Waals surface area contributed by atoms with Crippen molar-refractivity contribution in [3.05, 3.63) is 29.3 Å². The van der Waals surface area contributed by atoms with Crippen molar-refractivity contribution in [2.75, 3.05) is 6.61 Å². The van der Waals surface area contributed by atoms with Crippen LogP contribution >= 0.6 is 0 Å². The van der Waals surface area contributed by atoms with Gasteiger partial charge in [-0.2, -0.15) is 0 Å². The minimum Gasteiger partial charge on any atom is -0.490 e. The fraction of sp³-hybridized carbons (Fsp3) is 0.679. The Kier molecular flexibility index (Phi) is 5.99. The molecule has 1 aromatic carbocycles. The molecule has 1 aromatic rings. The van der Waals surface area contributed by atoms with Crippen LogP contribution in [0.25, 0.3) is 0 Å². The molecule has 0 radical (unpaired) electrons. The third-order valence-corrected chi connectivity index (χ3v) is 7.55. The summed E-state index contributed by atoms with van der Waals surface area (Å²) in [5.74, 6) is 1.47. The standard InChI is InChI=1S/C28H39N3O5/c1-26(2,3)23(32)29-18-10-12-22-20(14-18)28(15-34-24(31-28)30-25(33)36-27(4,5)6)19-13-17(16-7-8-16)9-11-21(19)35-22/h9,11,13,16,18,20,22H,7-8,10,12,14-15H2,1-6H3,(H,29,32)(H,30,31,33)/t18?,20-,22-,28+/m0/s1. The highest BCUT2D eigenvalue weighted by Gasteiger charge is 2.56. The van der Waals surface area contributed by atoms with Crippen LogP contribution in [0.5, 0.6) is 5.75 Å². The van der Waals surface area contributed by atoms with Gasteiger partial charge in [-0.05, 0) is 76.5 Å². The molecule has 8 nitrogen and oxygen atoms in total. The molecule has 2 aliphatic heterocycles. The van der Waals surface area contributed by atoms with Crippen LogP contribution in [0, 0.1) is 11.3 Å². The van der Waals surface area contributed by atoms with Gasteiger partial charge in [0, 0.05) is 22.9 Å². The van der Waals surface area contributed by atoms with Crippen molar-refractivity contribution >= 4 is 18.0 Å². The first-order valence-electron chi connectivity index (χ1n) is 13.2. The highest BCUT2D eigenvalue weighted by molar-refractivity contribution is 5.92. The number of amides is 2. The maximum Gasteiger partial charge on any atom is 0.415 e. The molecular formula is C28H39N3O5. The van der Waals surface area contributed by atoms with E-state index in [9.17, 15) is 9.59 Å². The number of ether oxygens (including phenoxy) is 3. The monoisotopic (exact) mass is 497 g/mol. The number of hydrogen-bond acceptors (Lipinski definition) is 6. The Morgan fingerprint density at radius 3 is 2.50 bits per heavy atom. The summed E-state index contributed by atoms with van der Waals surface area (Å²) in [7, 11) is 0. The van der Waals surface area contributed by atoms with E-state index < -0.39 is 22.6 Å². The summed E-state index contributed by atoms with van der Waals surface area (Å²) in [6.45, 7) is 11.5. The number of carbonyl (C=O) groups excluding carboxylic acids is 2. The topological polar surface area (TPSA) is 98.2 Å². The van der Waals surface area contributed by atoms with Gasteiger partial charge in [-0.25, -0.2) is 15.1 Å². The maximum absolute atomic E-state index is 12.8. The van der Waals surface area contributed by atoms with Gasteiger partial charge in [0.15, 0.2) is 0 Å². The Morgan fingerprint density at radius 1 is 1.08 bits per heavy atom. The van der Waals surface area contributed by atoms with E-state index in [1.165, 1.54) is 18.4 Å². The van der Waals surface area contributed by atoms with E-state index in [1.54, 1.807) is 0 Å². The molecule has 0 bridgehead atoms. The van der Waals surface area contributed by atoms with Crippen molar-refractivity contribution in [1.82, 2.24) is 10.6 Å². The molecule has 1 unspecified atom stereocenters. The summed E-state index contributed by atoms with van der Waals surface area (Å²) >= 11 is 0. The number of nitrogens with zero attached hydrogens (tertiary/aromatic N) is 1. The van der Waals surface area contributed by atoms with Crippen LogP contribution in [0.1, 0.15) is 90.7 Å². The van der Waals surface area contributed by atoms with E-state index in [1.807, 2.05) is 41.5 Å². The third kappa shape index (κ3) is 4.91. The number of carbonyl (C=O) groups is 2. The molecule has 0 aromatic heterocycles. The van der Waals surface area contributed by atoms with E-state index in [-0.39, 0.29) is 30.0 Å². The number of alkyl carbamates (subject to hydrolysis) is 1. The van der Waals surface area contributed by atoms with Gasteiger partial charge in [-0.15, -0.1) is 0 Å². The number of hydrogen-bond donors (Lipinski definition) is 2. The predicted octanol–water partition coefficient (Wildman–Crippen LogP) is 4.76. The molecule has 2 aliphatic carbocycles. The lowest BCUT2D eigenvalue weighted by Crippen LogP contribution is -2.55. The van der Waals surface area contributed by atoms with Gasteiger partial charge >= 0.3 is 6.09 Å². The van der Waals surface area contributed by atoms with E-state index in [0.717, 1.165) is 30.6 Å². The molecule has 2 amide bonds. The van der Waals surface area contributed by atoms with Gasteiger partial charge in [-0.3, -0.25) is 4.79 Å². The van der Waals surface area contributed by atoms with Gasteiger partial charge in [0.2, 0.25) is 5.91 Å². The molecule has 0 saturated heterocycles. The largest absolute Gasteiger partial charge is 0.490 e. The summed E-state index contributed by atoms with van der Waals surface area (Å²) in [6, 6.07) is 6.67. The number of rotatable bonds is 2. The summed E-state index contributed by atoms with van der Waals surface area (Å²) in [6.07, 6.45) is 4.16. The number of aliphatic imine (C=N–C) groups is 1. The number of benzene rings is 1. The van der Waals surface area contributed by atoms with Crippen molar-refractivity contribution in [1.29, 1.82) is 0 Å². The van der Waals surface area contributed by atoms with Gasteiger partial charge in [0.05, 0.1) is 0 Å². The first-order chi connectivity index (χ1) is 16.8. The van der Waals surface area contributed by atoms with Crippen LogP contribution in [0.3, 0.4) is 0 Å². The quantitative estimate of drug-likeness (QED) is 0.614. The molecule has 2 N–H and O–H groups in total. The second-order valence-electron chi connectivity index (χ2n) is 12.8. The Balaban J connectivity index is 1.47. The molecule has 196 valence electrons. The van der Waals surface area contributed by atoms with Crippen molar-refractivity contribution in [2.45, 2.75) is 103 Å². The molecule has 2 fully saturated rings. The molecular weight excluding hydrogens is 458 g/mol. The summed E-state index contributed by atoms with van der Waals surface area (Å²) in [5.41, 5.74) is 0.531. The van der Waals surface area contributed by atoms with Crippen LogP contribution in [0.15, 0.2) is 23.2 Å². The zero-order chi connectivity index (χ0) is 25.9. The van der Waals surface area contributed by atoms with Crippen molar-refractivity contribution in [3.8, 4) is 5.75 Å². The average Bonchev–Trinajstić information content (AvgIpc) is 3.54. The fourth-order valence-electron chi connectivity index (χ4n) is 5.55. The van der Waals surface area contributed by atoms with Crippen LogP contribution in [0.4, 0.5) is 4.79 Å². The SMILES string of the molecule is CC(C)(C)OC(=O)NC1=N[C@]2(CO1)c1cc(C3CC3)ccc1O[C@H]1CCC(NC(=O)C(C)(C)C)C[C@@H]12. The third-order valence-electron chi connectivity index (χ3n) is 7.55. The summed E-state index contributed by atoms with van der Waals surface area (Å²) in [4.78, 5) is 30.3. The molecule has 8 heteroatoms. The van der Waals surface area contributed by atoms with Gasteiger partial charge in [0.1, 0.15) is 29.6 Å². The van der Waals surface area contributed by atoms with Crippen LogP contribution < -0.4 is 15.4 Å². The van der Waals surface area contributed by atoms with E-state index in [4.69, 9.17) is 19.2 Å². The van der Waals surface area contributed by atoms with E-state index in [2.05, 4.69) is 28.8 Å². The van der Waals surface area contributed by atoms with Crippen LogP contribution in [0.2, 0.25) is 0 Å². The van der Waals surface area contributed by atoms with Gasteiger partial charge < -0.3 is 19.5 Å². The molecule has 1 spiro atoms. The van der Waals surface area contributed by atoms with Crippen molar-refractivity contribution in [2.24, 2.45) is 16.3 Å². The lowest BCUT2D eigenvalue weighted by Gasteiger charge is -2.48. The molecule has 4 aliphatic rings. The van der Waals surface area contributed by atoms with E-state index >= 15 is 0 Å². The molecule has 2 heterocycles. The first-order valence-corrected chi connectivity index (χ1v) is 13.2. The maximum atomic E-state index is 12.8. The zero-order valence-corrected chi connectivity index (χ0v) is 22.3. The zero-order valence-electron chi connectivity index (χ0n) is 22.3. The highest BCUT2D eigenvalue weighted by Crippen LogP contribution is 2.54. The Bertz CT molecular complexity index is 1080. The minimum atomic E-state index is -0.696. The van der Waals surface area contributed by atoms with Crippen molar-refractivity contribution < 1.29 is 23.8 Å². The number of amidine groups is 1.